The fourth-order valence-electron chi connectivity index (χ4n) is 1.90. The molecule has 4 heteroatoms. The molecule has 0 amide bonds. The van der Waals surface area contributed by atoms with Gasteiger partial charge in [0.25, 0.3) is 0 Å². The van der Waals surface area contributed by atoms with E-state index in [9.17, 15) is 0 Å². The Morgan fingerprint density at radius 3 is 2.00 bits per heavy atom. The molecule has 0 rings (SSSR count). The van der Waals surface area contributed by atoms with Crippen molar-refractivity contribution in [3.63, 3.8) is 0 Å². The van der Waals surface area contributed by atoms with Crippen LogP contribution in [0.25, 0.3) is 0 Å². The molecule has 0 saturated heterocycles. The van der Waals surface area contributed by atoms with Crippen molar-refractivity contribution in [3.05, 3.63) is 0 Å². The van der Waals surface area contributed by atoms with Crippen molar-refractivity contribution in [1.82, 2.24) is 5.32 Å². The largest absolute Gasteiger partial charge is 0.394 e. The molecule has 3 nitrogen and oxygen atoms in total. The molecular weight excluding hydrogens is 206 g/mol. The van der Waals surface area contributed by atoms with Crippen LogP contribution in [0, 0.1) is 0 Å². The first kappa shape index (κ1) is 15.1. The minimum Gasteiger partial charge on any atom is -0.394 e. The van der Waals surface area contributed by atoms with Crippen LogP contribution < -0.4 is 5.32 Å². The number of rotatable bonds is 10. The number of hydrogen-bond donors (Lipinski definition) is 1. The van der Waals surface area contributed by atoms with Gasteiger partial charge < -0.3 is 14.2 Å². The molecule has 0 aliphatic rings. The zero-order chi connectivity index (χ0) is 11.6. The second-order valence-electron chi connectivity index (χ2n) is 3.73. The molecule has 0 atom stereocenters. The van der Waals surface area contributed by atoms with Crippen LogP contribution in [0.15, 0.2) is 0 Å². The van der Waals surface area contributed by atoms with Crippen LogP contribution in [0.5, 0.6) is 0 Å². The summed E-state index contributed by atoms with van der Waals surface area (Å²) in [5.41, 5.74) is 0. The molecule has 0 bridgehead atoms. The molecule has 1 N–H and O–H groups in total. The van der Waals surface area contributed by atoms with Crippen LogP contribution in [-0.4, -0.2) is 35.4 Å². The fourth-order valence-corrected chi connectivity index (χ4v) is 5.34. The number of nitrogens with one attached hydrogen (secondary N) is 1. The average Bonchev–Trinajstić information content (AvgIpc) is 2.19. The molecule has 0 spiro atoms. The van der Waals surface area contributed by atoms with Crippen LogP contribution in [0.4, 0.5) is 0 Å². The highest BCUT2D eigenvalue weighted by molar-refractivity contribution is 6.67. The monoisotopic (exact) mass is 233 g/mol. The zero-order valence-corrected chi connectivity index (χ0v) is 11.8. The molecule has 0 fully saturated rings. The van der Waals surface area contributed by atoms with E-state index in [1.807, 2.05) is 7.05 Å². The molecule has 0 unspecified atom stereocenters. The molecule has 0 radical (unpaired) electrons. The van der Waals surface area contributed by atoms with E-state index in [4.69, 9.17) is 8.85 Å². The van der Waals surface area contributed by atoms with Crippen molar-refractivity contribution < 1.29 is 8.85 Å². The van der Waals surface area contributed by atoms with E-state index in [0.29, 0.717) is 0 Å². The van der Waals surface area contributed by atoms with E-state index in [1.54, 1.807) is 0 Å². The summed E-state index contributed by atoms with van der Waals surface area (Å²) < 4.78 is 11.9. The van der Waals surface area contributed by atoms with Crippen molar-refractivity contribution in [2.24, 2.45) is 0 Å². The summed E-state index contributed by atoms with van der Waals surface area (Å²) in [5, 5.41) is 3.18. The molecule has 0 heterocycles. The minimum absolute atomic E-state index is 0.784. The lowest BCUT2D eigenvalue weighted by atomic mass is 10.5. The van der Waals surface area contributed by atoms with Crippen molar-refractivity contribution in [2.45, 2.75) is 45.7 Å². The van der Waals surface area contributed by atoms with Gasteiger partial charge in [-0.15, -0.1) is 0 Å². The van der Waals surface area contributed by atoms with Crippen molar-refractivity contribution in [1.29, 1.82) is 0 Å². The SMILES string of the molecule is CCC[Si](CCCNC)(OCC)OCC. The van der Waals surface area contributed by atoms with E-state index in [1.165, 1.54) is 0 Å². The summed E-state index contributed by atoms with van der Waals surface area (Å²) in [6, 6.07) is 2.24. The van der Waals surface area contributed by atoms with E-state index in [2.05, 4.69) is 26.1 Å². The van der Waals surface area contributed by atoms with Gasteiger partial charge in [-0.25, -0.2) is 0 Å². The summed E-state index contributed by atoms with van der Waals surface area (Å²) >= 11 is 0. The zero-order valence-electron chi connectivity index (χ0n) is 10.8. The molecular formula is C11H27NO2Si. The predicted molar refractivity (Wildman–Crippen MR) is 67.5 cm³/mol. The van der Waals surface area contributed by atoms with Crippen molar-refractivity contribution in [2.75, 3.05) is 26.8 Å². The van der Waals surface area contributed by atoms with Gasteiger partial charge in [-0.05, 0) is 45.9 Å². The third-order valence-electron chi connectivity index (χ3n) is 2.43. The molecule has 92 valence electrons. The quantitative estimate of drug-likeness (QED) is 0.464. The first-order valence-electron chi connectivity index (χ1n) is 6.17. The van der Waals surface area contributed by atoms with Crippen LogP contribution >= 0.6 is 0 Å². The minimum atomic E-state index is -1.87. The fraction of sp³-hybridized carbons (Fsp3) is 1.00. The second kappa shape index (κ2) is 9.33. The maximum atomic E-state index is 5.95. The van der Waals surface area contributed by atoms with Crippen molar-refractivity contribution >= 4 is 8.56 Å². The summed E-state index contributed by atoms with van der Waals surface area (Å²) in [6.45, 7) is 8.96. The highest BCUT2D eigenvalue weighted by atomic mass is 28.4. The second-order valence-corrected chi connectivity index (χ2v) is 7.13. The van der Waals surface area contributed by atoms with Gasteiger partial charge in [-0.2, -0.15) is 0 Å². The Bertz CT molecular complexity index is 128. The van der Waals surface area contributed by atoms with Gasteiger partial charge in [0.2, 0.25) is 0 Å². The Hall–Kier alpha value is 0.0969. The molecule has 0 aromatic carbocycles. The third-order valence-corrected chi connectivity index (χ3v) is 6.44. The highest BCUT2D eigenvalue weighted by Gasteiger charge is 2.35. The van der Waals surface area contributed by atoms with Crippen LogP contribution in [-0.2, 0) is 8.85 Å². The van der Waals surface area contributed by atoms with E-state index < -0.39 is 8.56 Å². The Morgan fingerprint density at radius 1 is 1.00 bits per heavy atom. The standard InChI is InChI=1S/C11H27NO2Si/c1-5-10-15(13-6-2,14-7-3)11-8-9-12-4/h12H,5-11H2,1-4H3. The smallest absolute Gasteiger partial charge is 0.338 e. The summed E-state index contributed by atoms with van der Waals surface area (Å²) in [5.74, 6) is 0. The third kappa shape index (κ3) is 6.30. The van der Waals surface area contributed by atoms with E-state index in [-0.39, 0.29) is 0 Å². The topological polar surface area (TPSA) is 30.5 Å². The highest BCUT2D eigenvalue weighted by Crippen LogP contribution is 2.22. The lowest BCUT2D eigenvalue weighted by Crippen LogP contribution is -2.42. The molecule has 15 heavy (non-hydrogen) atoms. The number of hydrogen-bond acceptors (Lipinski definition) is 3. The van der Waals surface area contributed by atoms with Gasteiger partial charge in [0.05, 0.1) is 0 Å². The molecule has 0 aromatic rings. The lowest BCUT2D eigenvalue weighted by molar-refractivity contribution is 0.181. The van der Waals surface area contributed by atoms with Crippen molar-refractivity contribution in [3.8, 4) is 0 Å². The van der Waals surface area contributed by atoms with Crippen LogP contribution in [0.3, 0.4) is 0 Å². The summed E-state index contributed by atoms with van der Waals surface area (Å²) in [4.78, 5) is 0. The normalized spacial score (nSPS) is 12.0. The van der Waals surface area contributed by atoms with Gasteiger partial charge >= 0.3 is 8.56 Å². The van der Waals surface area contributed by atoms with Gasteiger partial charge in [-0.1, -0.05) is 13.3 Å². The summed E-state index contributed by atoms with van der Waals surface area (Å²) in [6.07, 6.45) is 2.31. The maximum Gasteiger partial charge on any atom is 0.338 e. The van der Waals surface area contributed by atoms with Gasteiger partial charge in [0.1, 0.15) is 0 Å². The molecule has 0 saturated carbocycles. The van der Waals surface area contributed by atoms with Gasteiger partial charge in [0, 0.05) is 13.2 Å². The predicted octanol–water partition coefficient (Wildman–Crippen LogP) is 2.52. The van der Waals surface area contributed by atoms with Gasteiger partial charge in [-0.3, -0.25) is 0 Å². The Morgan fingerprint density at radius 2 is 1.60 bits per heavy atom. The molecule has 0 aromatic heterocycles. The van der Waals surface area contributed by atoms with Gasteiger partial charge in [0.15, 0.2) is 0 Å². The van der Waals surface area contributed by atoms with Crippen LogP contribution in [0.1, 0.15) is 33.6 Å². The maximum absolute atomic E-state index is 5.95. The summed E-state index contributed by atoms with van der Waals surface area (Å²) in [7, 11) is 0.118. The van der Waals surface area contributed by atoms with E-state index >= 15 is 0 Å². The molecule has 0 aliphatic heterocycles. The lowest BCUT2D eigenvalue weighted by Gasteiger charge is -2.29. The molecule has 0 aliphatic carbocycles. The Balaban J connectivity index is 4.18. The first-order chi connectivity index (χ1) is 7.24. The van der Waals surface area contributed by atoms with Crippen LogP contribution in [0.2, 0.25) is 12.1 Å². The average molecular weight is 233 g/mol. The first-order valence-corrected chi connectivity index (χ1v) is 8.40. The van der Waals surface area contributed by atoms with E-state index in [0.717, 1.165) is 44.7 Å². The Labute approximate surface area is 95.8 Å². The Kier molecular flexibility index (Phi) is 9.39.